The molecule has 2 aromatic rings. The minimum atomic E-state index is -4.83. The highest BCUT2D eigenvalue weighted by atomic mass is 35.5. The molecule has 2 aliphatic rings. The lowest BCUT2D eigenvalue weighted by Gasteiger charge is -2.42. The van der Waals surface area contributed by atoms with Crippen LogP contribution in [-0.2, 0) is 11.0 Å². The number of rotatable bonds is 7. The zero-order valence-corrected chi connectivity index (χ0v) is 22.7. The minimum absolute atomic E-state index is 0. The number of nitro groups is 1. The first-order valence-electron chi connectivity index (χ1n) is 13.1. The number of amides is 1. The summed E-state index contributed by atoms with van der Waals surface area (Å²) in [4.78, 5) is 29.7. The van der Waals surface area contributed by atoms with Crippen molar-refractivity contribution in [2.75, 3.05) is 49.5 Å². The summed E-state index contributed by atoms with van der Waals surface area (Å²) >= 11 is 6.00. The van der Waals surface area contributed by atoms with E-state index in [-0.39, 0.29) is 37.0 Å². The maximum atomic E-state index is 13.3. The monoisotopic (exact) mass is 583 g/mol. The molecule has 0 bridgehead atoms. The van der Waals surface area contributed by atoms with Crippen LogP contribution in [0.15, 0.2) is 42.5 Å². The van der Waals surface area contributed by atoms with Gasteiger partial charge in [-0.25, -0.2) is 0 Å². The summed E-state index contributed by atoms with van der Waals surface area (Å²) in [6.07, 6.45) is -3.68. The van der Waals surface area contributed by atoms with Gasteiger partial charge in [0, 0.05) is 73.8 Å². The fourth-order valence-corrected chi connectivity index (χ4v) is 5.47. The number of piperazine rings is 1. The van der Waals surface area contributed by atoms with Gasteiger partial charge < -0.3 is 15.1 Å². The van der Waals surface area contributed by atoms with Crippen LogP contribution in [0.4, 0.5) is 30.2 Å². The molecule has 0 spiro atoms. The molecule has 2 atom stereocenters. The Labute approximate surface area is 238 Å². The Morgan fingerprint density at radius 1 is 1.02 bits per heavy atom. The third-order valence-electron chi connectivity index (χ3n) is 7.87. The number of halogens is 4. The molecule has 2 aromatic carbocycles. The number of carbonyl (C=O) groups excluding carboxylic acids is 1. The van der Waals surface area contributed by atoms with Crippen molar-refractivity contribution >= 4 is 34.6 Å². The molecule has 0 aliphatic carbocycles. The summed E-state index contributed by atoms with van der Waals surface area (Å²) in [6, 6.07) is 10.7. The van der Waals surface area contributed by atoms with E-state index in [4.69, 9.17) is 11.6 Å². The molecular formula is C28H37ClF3N5O3. The molecule has 40 heavy (non-hydrogen) atoms. The zero-order valence-electron chi connectivity index (χ0n) is 22.0. The van der Waals surface area contributed by atoms with Gasteiger partial charge in [0.25, 0.3) is 5.69 Å². The third kappa shape index (κ3) is 7.37. The first-order valence-corrected chi connectivity index (χ1v) is 13.5. The molecule has 2 aliphatic heterocycles. The maximum Gasteiger partial charge on any atom is 0.423 e. The van der Waals surface area contributed by atoms with Crippen LogP contribution in [-0.4, -0.2) is 72.0 Å². The summed E-state index contributed by atoms with van der Waals surface area (Å²) in [5.74, 6) is -0.114. The van der Waals surface area contributed by atoms with Crippen molar-refractivity contribution < 1.29 is 22.9 Å². The highest BCUT2D eigenvalue weighted by Gasteiger charge is 2.39. The second-order valence-corrected chi connectivity index (χ2v) is 10.7. The molecule has 1 amide bonds. The number of hydrogen-bond acceptors (Lipinski definition) is 6. The molecule has 220 valence electrons. The van der Waals surface area contributed by atoms with E-state index in [1.165, 1.54) is 6.07 Å². The number of likely N-dealkylation sites (tertiary alicyclic amines) is 1. The Morgan fingerprint density at radius 3 is 2.17 bits per heavy atom. The predicted octanol–water partition coefficient (Wildman–Crippen LogP) is 6.15. The Balaban J connectivity index is 0.00000441. The lowest BCUT2D eigenvalue weighted by molar-refractivity contribution is -0.388. The number of carbonyl (C=O) groups is 1. The third-order valence-corrected chi connectivity index (χ3v) is 8.12. The summed E-state index contributed by atoms with van der Waals surface area (Å²) in [5.41, 5.74) is -0.932. The van der Waals surface area contributed by atoms with Gasteiger partial charge in [-0.15, -0.1) is 0 Å². The Hall–Kier alpha value is -3.05. The van der Waals surface area contributed by atoms with Crippen molar-refractivity contribution in [2.45, 2.75) is 52.4 Å². The van der Waals surface area contributed by atoms with E-state index in [1.54, 1.807) is 0 Å². The first kappa shape index (κ1) is 31.5. The van der Waals surface area contributed by atoms with Crippen LogP contribution in [0, 0.1) is 16.0 Å². The van der Waals surface area contributed by atoms with Crippen molar-refractivity contribution in [2.24, 2.45) is 5.92 Å². The summed E-state index contributed by atoms with van der Waals surface area (Å²) in [5, 5.41) is 14.8. The van der Waals surface area contributed by atoms with Gasteiger partial charge in [-0.1, -0.05) is 26.0 Å². The molecule has 4 rings (SSSR count). The molecule has 12 heteroatoms. The van der Waals surface area contributed by atoms with E-state index < -0.39 is 22.4 Å². The van der Waals surface area contributed by atoms with Crippen molar-refractivity contribution in [1.82, 2.24) is 9.80 Å². The number of nitrogens with one attached hydrogen (secondary N) is 1. The average molecular weight is 584 g/mol. The number of nitrogens with zero attached hydrogens (tertiary/aromatic N) is 4. The van der Waals surface area contributed by atoms with Gasteiger partial charge in [0.15, 0.2) is 0 Å². The Morgan fingerprint density at radius 2 is 1.62 bits per heavy atom. The van der Waals surface area contributed by atoms with Crippen LogP contribution in [0.3, 0.4) is 0 Å². The van der Waals surface area contributed by atoms with Crippen molar-refractivity contribution in [1.29, 1.82) is 0 Å². The number of anilines is 2. The van der Waals surface area contributed by atoms with Gasteiger partial charge in [0.2, 0.25) is 5.91 Å². The average Bonchev–Trinajstić information content (AvgIpc) is 2.92. The molecule has 2 fully saturated rings. The van der Waals surface area contributed by atoms with Gasteiger partial charge >= 0.3 is 6.18 Å². The first-order chi connectivity index (χ1) is 18.4. The SMILES string of the molecule is C.CC(C(=O)N1CCC(Nc2ccc([N+](=O)[O-])c(C(F)(F)F)c2)CC1)C(C)N1CCN(c2ccc(Cl)cc2)CC1. The molecule has 0 radical (unpaired) electrons. The van der Waals surface area contributed by atoms with Gasteiger partial charge in [-0.05, 0) is 56.2 Å². The maximum absolute atomic E-state index is 13.3. The second-order valence-electron chi connectivity index (χ2n) is 10.3. The summed E-state index contributed by atoms with van der Waals surface area (Å²) < 4.78 is 39.9. The molecular weight excluding hydrogens is 547 g/mol. The van der Waals surface area contributed by atoms with Gasteiger partial charge in [-0.2, -0.15) is 13.2 Å². The minimum Gasteiger partial charge on any atom is -0.382 e. The highest BCUT2D eigenvalue weighted by molar-refractivity contribution is 6.30. The number of benzene rings is 2. The normalized spacial score (nSPS) is 18.6. The number of nitro benzene ring substituents is 1. The van der Waals surface area contributed by atoms with Crippen molar-refractivity contribution in [3.63, 3.8) is 0 Å². The molecule has 8 nitrogen and oxygen atoms in total. The Bertz CT molecular complexity index is 1160. The van der Waals surface area contributed by atoms with Crippen LogP contribution in [0.25, 0.3) is 0 Å². The van der Waals surface area contributed by atoms with E-state index in [0.717, 1.165) is 44.0 Å². The molecule has 0 saturated carbocycles. The van der Waals surface area contributed by atoms with Gasteiger partial charge in [-0.3, -0.25) is 19.8 Å². The molecule has 0 aromatic heterocycles. The van der Waals surface area contributed by atoms with Crippen LogP contribution in [0.2, 0.25) is 5.02 Å². The topological polar surface area (TPSA) is 82.0 Å². The smallest absolute Gasteiger partial charge is 0.382 e. The fraction of sp³-hybridized carbons (Fsp3) is 0.536. The quantitative estimate of drug-likeness (QED) is 0.311. The molecule has 1 N–H and O–H groups in total. The molecule has 2 saturated heterocycles. The largest absolute Gasteiger partial charge is 0.423 e. The van der Waals surface area contributed by atoms with E-state index in [9.17, 15) is 28.1 Å². The van der Waals surface area contributed by atoms with Crippen LogP contribution < -0.4 is 10.2 Å². The van der Waals surface area contributed by atoms with E-state index in [2.05, 4.69) is 22.0 Å². The fourth-order valence-electron chi connectivity index (χ4n) is 5.34. The summed E-state index contributed by atoms with van der Waals surface area (Å²) in [7, 11) is 0. The Kier molecular flexibility index (Phi) is 10.3. The van der Waals surface area contributed by atoms with Crippen molar-refractivity contribution in [3.05, 3.63) is 63.2 Å². The standard InChI is InChI=1S/C27H33ClF3N5O3.CH4/c1-18(19(2)33-13-15-34(16-14-33)23-6-3-20(28)4-7-23)26(37)35-11-9-21(10-12-35)32-22-5-8-25(36(38)39)24(17-22)27(29,30)31;/h3-8,17-19,21,32H,9-16H2,1-2H3;1H4. The number of alkyl halides is 3. The number of piperidine rings is 1. The highest BCUT2D eigenvalue weighted by Crippen LogP contribution is 2.38. The van der Waals surface area contributed by atoms with Crippen LogP contribution in [0.1, 0.15) is 39.7 Å². The van der Waals surface area contributed by atoms with E-state index in [0.29, 0.717) is 31.0 Å². The molecule has 2 unspecified atom stereocenters. The van der Waals surface area contributed by atoms with Gasteiger partial charge in [0.1, 0.15) is 5.56 Å². The number of hydrogen-bond donors (Lipinski definition) is 1. The van der Waals surface area contributed by atoms with Crippen LogP contribution >= 0.6 is 11.6 Å². The van der Waals surface area contributed by atoms with Gasteiger partial charge in [0.05, 0.1) is 10.8 Å². The van der Waals surface area contributed by atoms with Crippen molar-refractivity contribution in [3.8, 4) is 0 Å². The summed E-state index contributed by atoms with van der Waals surface area (Å²) in [6.45, 7) is 8.46. The van der Waals surface area contributed by atoms with Crippen LogP contribution in [0.5, 0.6) is 0 Å². The van der Waals surface area contributed by atoms with E-state index >= 15 is 0 Å². The zero-order chi connectivity index (χ0) is 28.3. The molecule has 2 heterocycles. The predicted molar refractivity (Wildman–Crippen MR) is 152 cm³/mol. The lowest BCUT2D eigenvalue weighted by atomic mass is 9.97. The second kappa shape index (κ2) is 13.1. The lowest BCUT2D eigenvalue weighted by Crippen LogP contribution is -2.54. The van der Waals surface area contributed by atoms with E-state index in [1.807, 2.05) is 36.1 Å².